The Hall–Kier alpha value is -3.26. The van der Waals surface area contributed by atoms with Crippen LogP contribution < -0.4 is 5.32 Å². The predicted octanol–water partition coefficient (Wildman–Crippen LogP) is 4.50. The summed E-state index contributed by atoms with van der Waals surface area (Å²) < 4.78 is 14.9. The average Bonchev–Trinajstić information content (AvgIpc) is 2.91. The zero-order chi connectivity index (χ0) is 20.4. The summed E-state index contributed by atoms with van der Waals surface area (Å²) in [5, 5.41) is 18.5. The second-order valence-corrected chi connectivity index (χ2v) is 6.57. The Morgan fingerprint density at radius 1 is 1.29 bits per heavy atom. The molecule has 1 heterocycles. The summed E-state index contributed by atoms with van der Waals surface area (Å²) in [4.78, 5) is 23.1. The number of amides is 1. The molecule has 0 aliphatic rings. The van der Waals surface area contributed by atoms with Gasteiger partial charge in [0, 0.05) is 11.1 Å². The van der Waals surface area contributed by atoms with E-state index in [0.29, 0.717) is 22.6 Å². The van der Waals surface area contributed by atoms with Gasteiger partial charge in [0.15, 0.2) is 0 Å². The maximum atomic E-state index is 13.2. The third kappa shape index (κ3) is 3.86. The molecular formula is C19H16ClFN4O3. The van der Waals surface area contributed by atoms with Gasteiger partial charge in [0.2, 0.25) is 0 Å². The van der Waals surface area contributed by atoms with Crippen LogP contribution in [0.1, 0.15) is 27.3 Å². The zero-order valence-electron chi connectivity index (χ0n) is 15.1. The number of nitro groups is 1. The highest BCUT2D eigenvalue weighted by molar-refractivity contribution is 6.31. The minimum Gasteiger partial charge on any atom is -0.319 e. The molecule has 2 aromatic carbocycles. The number of carbonyl (C=O) groups is 1. The van der Waals surface area contributed by atoms with Gasteiger partial charge in [0.25, 0.3) is 11.6 Å². The number of aryl methyl sites for hydroxylation is 1. The van der Waals surface area contributed by atoms with E-state index in [4.69, 9.17) is 11.6 Å². The van der Waals surface area contributed by atoms with Crippen molar-refractivity contribution in [2.24, 2.45) is 0 Å². The molecule has 0 saturated heterocycles. The van der Waals surface area contributed by atoms with Crippen molar-refractivity contribution in [3.05, 3.63) is 85.9 Å². The van der Waals surface area contributed by atoms with Gasteiger partial charge in [-0.25, -0.2) is 4.39 Å². The topological polar surface area (TPSA) is 90.1 Å². The Kier molecular flexibility index (Phi) is 5.41. The van der Waals surface area contributed by atoms with Crippen molar-refractivity contribution in [2.45, 2.75) is 20.4 Å². The molecule has 1 amide bonds. The van der Waals surface area contributed by atoms with E-state index >= 15 is 0 Å². The van der Waals surface area contributed by atoms with Gasteiger partial charge in [-0.3, -0.25) is 19.6 Å². The number of anilines is 1. The molecule has 3 rings (SSSR count). The quantitative estimate of drug-likeness (QED) is 0.502. The summed E-state index contributed by atoms with van der Waals surface area (Å²) in [6, 6.07) is 9.82. The molecule has 0 unspecified atom stereocenters. The van der Waals surface area contributed by atoms with Crippen molar-refractivity contribution in [3.8, 4) is 0 Å². The van der Waals surface area contributed by atoms with Crippen LogP contribution >= 0.6 is 11.6 Å². The van der Waals surface area contributed by atoms with Crippen LogP contribution in [0.15, 0.2) is 42.5 Å². The van der Waals surface area contributed by atoms with E-state index < -0.39 is 16.6 Å². The molecule has 0 aliphatic heterocycles. The molecule has 1 N–H and O–H groups in total. The lowest BCUT2D eigenvalue weighted by Crippen LogP contribution is -2.15. The zero-order valence-corrected chi connectivity index (χ0v) is 15.8. The molecule has 1 aromatic heterocycles. The fourth-order valence-corrected chi connectivity index (χ4v) is 3.08. The number of benzene rings is 2. The lowest BCUT2D eigenvalue weighted by atomic mass is 10.1. The number of nitrogens with zero attached hydrogens (tertiary/aromatic N) is 3. The molecule has 0 aliphatic carbocycles. The van der Waals surface area contributed by atoms with E-state index in [1.807, 2.05) is 0 Å². The predicted molar refractivity (Wildman–Crippen MR) is 103 cm³/mol. The second kappa shape index (κ2) is 7.77. The highest BCUT2D eigenvalue weighted by Gasteiger charge is 2.22. The van der Waals surface area contributed by atoms with Gasteiger partial charge in [-0.2, -0.15) is 5.10 Å². The number of halogens is 2. The molecule has 9 heteroatoms. The Balaban J connectivity index is 1.88. The largest absolute Gasteiger partial charge is 0.319 e. The first kappa shape index (κ1) is 19.5. The first-order valence-electron chi connectivity index (χ1n) is 8.30. The minimum absolute atomic E-state index is 0.0411. The molecule has 144 valence electrons. The third-order valence-corrected chi connectivity index (χ3v) is 4.65. The van der Waals surface area contributed by atoms with Crippen LogP contribution in [0.2, 0.25) is 5.02 Å². The van der Waals surface area contributed by atoms with Gasteiger partial charge in [0.1, 0.15) is 11.4 Å². The highest BCUT2D eigenvalue weighted by Crippen LogP contribution is 2.25. The van der Waals surface area contributed by atoms with Crippen LogP contribution in [0.3, 0.4) is 0 Å². The first-order valence-corrected chi connectivity index (χ1v) is 8.68. The van der Waals surface area contributed by atoms with E-state index in [9.17, 15) is 19.3 Å². The van der Waals surface area contributed by atoms with Crippen molar-refractivity contribution >= 4 is 28.9 Å². The lowest BCUT2D eigenvalue weighted by molar-refractivity contribution is -0.385. The number of aromatic nitrogens is 2. The average molecular weight is 403 g/mol. The Bertz CT molecular complexity index is 1080. The maximum Gasteiger partial charge on any atom is 0.282 e. The van der Waals surface area contributed by atoms with Gasteiger partial charge in [-0.15, -0.1) is 0 Å². The molecular weight excluding hydrogens is 387 g/mol. The fraction of sp³-hybridized carbons (Fsp3) is 0.158. The van der Waals surface area contributed by atoms with Crippen LogP contribution in [0, 0.1) is 29.8 Å². The molecule has 0 fully saturated rings. The monoisotopic (exact) mass is 402 g/mol. The number of hydrogen-bond donors (Lipinski definition) is 1. The second-order valence-electron chi connectivity index (χ2n) is 6.17. The first-order chi connectivity index (χ1) is 13.3. The molecule has 0 radical (unpaired) electrons. The van der Waals surface area contributed by atoms with Crippen molar-refractivity contribution in [2.75, 3.05) is 5.32 Å². The normalized spacial score (nSPS) is 10.7. The van der Waals surface area contributed by atoms with Crippen LogP contribution in [-0.4, -0.2) is 20.6 Å². The van der Waals surface area contributed by atoms with E-state index in [0.717, 1.165) is 0 Å². The van der Waals surface area contributed by atoms with Crippen LogP contribution in [-0.2, 0) is 6.54 Å². The summed E-state index contributed by atoms with van der Waals surface area (Å²) in [5.41, 5.74) is 2.00. The number of carbonyl (C=O) groups excluding carboxylic acids is 1. The van der Waals surface area contributed by atoms with Crippen molar-refractivity contribution in [1.29, 1.82) is 0 Å². The molecule has 7 nitrogen and oxygen atoms in total. The van der Waals surface area contributed by atoms with Gasteiger partial charge in [-0.1, -0.05) is 29.8 Å². The van der Waals surface area contributed by atoms with Crippen molar-refractivity contribution in [1.82, 2.24) is 9.78 Å². The maximum absolute atomic E-state index is 13.2. The van der Waals surface area contributed by atoms with E-state index in [1.165, 1.54) is 30.3 Å². The number of nitro benzene ring substituents is 1. The molecule has 0 saturated carbocycles. The summed E-state index contributed by atoms with van der Waals surface area (Å²) in [5.74, 6) is -1.03. The van der Waals surface area contributed by atoms with Gasteiger partial charge < -0.3 is 5.32 Å². The van der Waals surface area contributed by atoms with E-state index in [1.54, 1.807) is 30.7 Å². The summed E-state index contributed by atoms with van der Waals surface area (Å²) in [7, 11) is 0. The van der Waals surface area contributed by atoms with Crippen molar-refractivity contribution < 1.29 is 14.1 Å². The fourth-order valence-electron chi connectivity index (χ4n) is 2.85. The highest BCUT2D eigenvalue weighted by atomic mass is 35.5. The lowest BCUT2D eigenvalue weighted by Gasteiger charge is -2.09. The molecule has 28 heavy (non-hydrogen) atoms. The van der Waals surface area contributed by atoms with Gasteiger partial charge in [-0.05, 0) is 37.6 Å². The SMILES string of the molecule is Cc1nn(Cc2ccc(F)cc2Cl)c(C)c1NC(=O)c1ccccc1[N+](=O)[O-]. The number of nitrogens with one attached hydrogen (secondary N) is 1. The number of para-hydroxylation sites is 1. The minimum atomic E-state index is -0.603. The van der Waals surface area contributed by atoms with Crippen LogP contribution in [0.4, 0.5) is 15.8 Å². The summed E-state index contributed by atoms with van der Waals surface area (Å²) in [6.45, 7) is 3.75. The van der Waals surface area contributed by atoms with E-state index in [-0.39, 0.29) is 22.8 Å². The number of rotatable bonds is 5. The Morgan fingerprint density at radius 3 is 2.68 bits per heavy atom. The van der Waals surface area contributed by atoms with Gasteiger partial charge in [0.05, 0.1) is 28.5 Å². The summed E-state index contributed by atoms with van der Waals surface area (Å²) >= 11 is 6.08. The van der Waals surface area contributed by atoms with Crippen LogP contribution in [0.25, 0.3) is 0 Å². The molecule has 3 aromatic rings. The van der Waals surface area contributed by atoms with Crippen LogP contribution in [0.5, 0.6) is 0 Å². The molecule has 0 spiro atoms. The number of hydrogen-bond acceptors (Lipinski definition) is 4. The third-order valence-electron chi connectivity index (χ3n) is 4.30. The standard InChI is InChI=1S/C19H16ClFN4O3/c1-11-18(22-19(26)15-5-3-4-6-17(15)25(27)28)12(2)24(23-11)10-13-7-8-14(21)9-16(13)20/h3-9H,10H2,1-2H3,(H,22,26). The van der Waals surface area contributed by atoms with Gasteiger partial charge >= 0.3 is 0 Å². The molecule has 0 atom stereocenters. The Labute approximate surface area is 164 Å². The van der Waals surface area contributed by atoms with Crippen molar-refractivity contribution in [3.63, 3.8) is 0 Å². The smallest absolute Gasteiger partial charge is 0.282 e. The Morgan fingerprint density at radius 2 is 2.00 bits per heavy atom. The molecule has 0 bridgehead atoms. The summed E-state index contributed by atoms with van der Waals surface area (Å²) in [6.07, 6.45) is 0. The van der Waals surface area contributed by atoms with E-state index in [2.05, 4.69) is 10.4 Å².